The number of sulfonamides is 1. The highest BCUT2D eigenvalue weighted by molar-refractivity contribution is 7.89. The molecule has 0 unspecified atom stereocenters. The van der Waals surface area contributed by atoms with E-state index in [0.717, 1.165) is 17.9 Å². The van der Waals surface area contributed by atoms with Crippen LogP contribution in [0, 0.1) is 5.82 Å². The Morgan fingerprint density at radius 1 is 1.04 bits per heavy atom. The molecule has 0 bridgehead atoms. The number of halogens is 2. The average molecular weight is 372 g/mol. The SMILES string of the molecule is CN(CCCCOc1ccc(Cl)cc1)S(=O)(=O)c1ccc(F)cc1. The molecule has 0 aromatic heterocycles. The summed E-state index contributed by atoms with van der Waals surface area (Å²) in [5.74, 6) is 0.266. The van der Waals surface area contributed by atoms with Crippen LogP contribution in [0.15, 0.2) is 53.4 Å². The lowest BCUT2D eigenvalue weighted by Crippen LogP contribution is -2.28. The molecule has 0 radical (unpaired) electrons. The van der Waals surface area contributed by atoms with Crippen molar-refractivity contribution in [3.63, 3.8) is 0 Å². The highest BCUT2D eigenvalue weighted by Gasteiger charge is 2.20. The predicted molar refractivity (Wildman–Crippen MR) is 92.4 cm³/mol. The van der Waals surface area contributed by atoms with E-state index in [0.29, 0.717) is 31.0 Å². The first-order chi connectivity index (χ1) is 11.4. The summed E-state index contributed by atoms with van der Waals surface area (Å²) in [7, 11) is -2.08. The molecule has 0 saturated carbocycles. The summed E-state index contributed by atoms with van der Waals surface area (Å²) in [6.45, 7) is 0.857. The second-order valence-electron chi connectivity index (χ2n) is 5.29. The van der Waals surface area contributed by atoms with Crippen LogP contribution in [0.25, 0.3) is 0 Å². The van der Waals surface area contributed by atoms with Crippen LogP contribution in [0.5, 0.6) is 5.75 Å². The molecule has 2 aromatic carbocycles. The van der Waals surface area contributed by atoms with Crippen molar-refractivity contribution in [2.24, 2.45) is 0 Å². The molecule has 0 aliphatic heterocycles. The van der Waals surface area contributed by atoms with Crippen molar-refractivity contribution in [3.8, 4) is 5.75 Å². The van der Waals surface area contributed by atoms with Crippen molar-refractivity contribution >= 4 is 21.6 Å². The molecule has 0 spiro atoms. The fraction of sp³-hybridized carbons (Fsp3) is 0.294. The minimum atomic E-state index is -3.59. The van der Waals surface area contributed by atoms with Gasteiger partial charge < -0.3 is 4.74 Å². The summed E-state index contributed by atoms with van der Waals surface area (Å²) in [6.07, 6.45) is 1.37. The quantitative estimate of drug-likeness (QED) is 0.660. The number of nitrogens with zero attached hydrogens (tertiary/aromatic N) is 1. The standard InChI is InChI=1S/C17H19ClFNO3S/c1-20(24(21,22)17-10-6-15(19)7-11-17)12-2-3-13-23-16-8-4-14(18)5-9-16/h4-11H,2-3,12-13H2,1H3. The summed E-state index contributed by atoms with van der Waals surface area (Å²) in [5, 5.41) is 0.648. The third kappa shape index (κ3) is 5.19. The highest BCUT2D eigenvalue weighted by Crippen LogP contribution is 2.17. The molecule has 0 fully saturated rings. The Kier molecular flexibility index (Phi) is 6.60. The van der Waals surface area contributed by atoms with Gasteiger partial charge in [0.25, 0.3) is 0 Å². The van der Waals surface area contributed by atoms with E-state index in [1.165, 1.54) is 23.5 Å². The van der Waals surface area contributed by atoms with Crippen LogP contribution in [0.4, 0.5) is 4.39 Å². The van der Waals surface area contributed by atoms with Gasteiger partial charge in [0.1, 0.15) is 11.6 Å². The fourth-order valence-electron chi connectivity index (χ4n) is 2.06. The normalized spacial score (nSPS) is 11.7. The molecule has 2 rings (SSSR count). The number of unbranched alkanes of at least 4 members (excludes halogenated alkanes) is 1. The first kappa shape index (κ1) is 18.7. The Morgan fingerprint density at radius 2 is 1.67 bits per heavy atom. The Balaban J connectivity index is 1.77. The van der Waals surface area contributed by atoms with E-state index in [1.807, 2.05) is 0 Å². The monoisotopic (exact) mass is 371 g/mol. The van der Waals surface area contributed by atoms with Crippen LogP contribution in [0.3, 0.4) is 0 Å². The van der Waals surface area contributed by atoms with Gasteiger partial charge in [0, 0.05) is 18.6 Å². The van der Waals surface area contributed by atoms with Crippen molar-refractivity contribution in [3.05, 3.63) is 59.4 Å². The molecule has 0 aliphatic carbocycles. The van der Waals surface area contributed by atoms with Crippen LogP contribution < -0.4 is 4.74 Å². The van der Waals surface area contributed by atoms with Gasteiger partial charge in [-0.3, -0.25) is 0 Å². The molecular weight excluding hydrogens is 353 g/mol. The van der Waals surface area contributed by atoms with Crippen molar-refractivity contribution < 1.29 is 17.5 Å². The molecule has 0 amide bonds. The minimum absolute atomic E-state index is 0.0869. The lowest BCUT2D eigenvalue weighted by Gasteiger charge is -2.17. The van der Waals surface area contributed by atoms with Gasteiger partial charge in [0.05, 0.1) is 11.5 Å². The lowest BCUT2D eigenvalue weighted by molar-refractivity contribution is 0.300. The molecule has 130 valence electrons. The number of rotatable bonds is 8. The van der Waals surface area contributed by atoms with E-state index in [-0.39, 0.29) is 4.90 Å². The zero-order chi connectivity index (χ0) is 17.6. The molecule has 4 nitrogen and oxygen atoms in total. The van der Waals surface area contributed by atoms with E-state index in [2.05, 4.69) is 0 Å². The summed E-state index contributed by atoms with van der Waals surface area (Å²) in [5.41, 5.74) is 0. The van der Waals surface area contributed by atoms with Crippen molar-refractivity contribution in [1.29, 1.82) is 0 Å². The second-order valence-corrected chi connectivity index (χ2v) is 7.77. The second kappa shape index (κ2) is 8.46. The summed E-state index contributed by atoms with van der Waals surface area (Å²) < 4.78 is 44.4. The van der Waals surface area contributed by atoms with E-state index < -0.39 is 15.8 Å². The zero-order valence-electron chi connectivity index (χ0n) is 13.3. The largest absolute Gasteiger partial charge is 0.494 e. The molecule has 24 heavy (non-hydrogen) atoms. The van der Waals surface area contributed by atoms with Crippen LogP contribution >= 0.6 is 11.6 Å². The topological polar surface area (TPSA) is 46.6 Å². The minimum Gasteiger partial charge on any atom is -0.494 e. The lowest BCUT2D eigenvalue weighted by atomic mass is 10.3. The Labute approximate surface area is 146 Å². The van der Waals surface area contributed by atoms with Gasteiger partial charge in [-0.25, -0.2) is 17.1 Å². The van der Waals surface area contributed by atoms with Crippen LogP contribution in [-0.4, -0.2) is 32.9 Å². The third-order valence-corrected chi connectivity index (χ3v) is 5.59. The fourth-order valence-corrected chi connectivity index (χ4v) is 3.40. The van der Waals surface area contributed by atoms with Crippen LogP contribution in [0.2, 0.25) is 5.02 Å². The van der Waals surface area contributed by atoms with Gasteiger partial charge in [-0.05, 0) is 61.4 Å². The third-order valence-electron chi connectivity index (χ3n) is 3.47. The van der Waals surface area contributed by atoms with E-state index in [1.54, 1.807) is 24.3 Å². The first-order valence-electron chi connectivity index (χ1n) is 7.50. The Morgan fingerprint density at radius 3 is 2.29 bits per heavy atom. The van der Waals surface area contributed by atoms with Gasteiger partial charge in [-0.15, -0.1) is 0 Å². The maximum Gasteiger partial charge on any atom is 0.242 e. The number of hydrogen-bond donors (Lipinski definition) is 0. The molecular formula is C17H19ClFNO3S. The summed E-state index contributed by atoms with van der Waals surface area (Å²) in [6, 6.07) is 11.9. The van der Waals surface area contributed by atoms with Gasteiger partial charge in [-0.2, -0.15) is 0 Å². The number of ether oxygens (including phenoxy) is 1. The van der Waals surface area contributed by atoms with Gasteiger partial charge >= 0.3 is 0 Å². The number of benzene rings is 2. The Bertz CT molecular complexity index is 748. The molecule has 7 heteroatoms. The average Bonchev–Trinajstić information content (AvgIpc) is 2.56. The van der Waals surface area contributed by atoms with Crippen molar-refractivity contribution in [1.82, 2.24) is 4.31 Å². The molecule has 0 saturated heterocycles. The van der Waals surface area contributed by atoms with E-state index >= 15 is 0 Å². The van der Waals surface area contributed by atoms with Crippen molar-refractivity contribution in [2.75, 3.05) is 20.2 Å². The molecule has 0 N–H and O–H groups in total. The molecule has 0 aliphatic rings. The smallest absolute Gasteiger partial charge is 0.242 e. The molecule has 0 heterocycles. The predicted octanol–water partition coefficient (Wildman–Crippen LogP) is 3.96. The highest BCUT2D eigenvalue weighted by atomic mass is 35.5. The summed E-state index contributed by atoms with van der Waals surface area (Å²) >= 11 is 5.79. The van der Waals surface area contributed by atoms with Gasteiger partial charge in [0.2, 0.25) is 10.0 Å². The maximum absolute atomic E-state index is 12.9. The zero-order valence-corrected chi connectivity index (χ0v) is 14.9. The van der Waals surface area contributed by atoms with E-state index in [4.69, 9.17) is 16.3 Å². The number of hydrogen-bond acceptors (Lipinski definition) is 3. The van der Waals surface area contributed by atoms with Gasteiger partial charge in [0.15, 0.2) is 0 Å². The van der Waals surface area contributed by atoms with E-state index in [9.17, 15) is 12.8 Å². The van der Waals surface area contributed by atoms with Crippen molar-refractivity contribution in [2.45, 2.75) is 17.7 Å². The van der Waals surface area contributed by atoms with Gasteiger partial charge in [-0.1, -0.05) is 11.6 Å². The van der Waals surface area contributed by atoms with Crippen LogP contribution in [0.1, 0.15) is 12.8 Å². The molecule has 2 aromatic rings. The summed E-state index contributed by atoms with van der Waals surface area (Å²) in [4.78, 5) is 0.0869. The molecule has 0 atom stereocenters. The van der Waals surface area contributed by atoms with Crippen LogP contribution in [-0.2, 0) is 10.0 Å². The maximum atomic E-state index is 12.9. The Hall–Kier alpha value is -1.63. The first-order valence-corrected chi connectivity index (χ1v) is 9.31.